The zero-order valence-corrected chi connectivity index (χ0v) is 7.16. The number of hydrogen-bond donors (Lipinski definition) is 0. The summed E-state index contributed by atoms with van der Waals surface area (Å²) < 4.78 is 1.33. The lowest BCUT2D eigenvalue weighted by atomic mass is 10.2. The lowest BCUT2D eigenvalue weighted by Gasteiger charge is -1.92. The van der Waals surface area contributed by atoms with Gasteiger partial charge in [-0.2, -0.15) is 0 Å². The van der Waals surface area contributed by atoms with Crippen molar-refractivity contribution in [2.45, 2.75) is 33.1 Å². The van der Waals surface area contributed by atoms with Crippen LogP contribution in [0, 0.1) is 0 Å². The first-order chi connectivity index (χ1) is 3.81. The molecule has 0 aromatic rings. The summed E-state index contributed by atoms with van der Waals surface area (Å²) in [7, 11) is 0. The zero-order chi connectivity index (χ0) is 6.41. The maximum absolute atomic E-state index is 3.44. The summed E-state index contributed by atoms with van der Waals surface area (Å²) in [4.78, 5) is 0. The van der Waals surface area contributed by atoms with E-state index in [4.69, 9.17) is 0 Å². The van der Waals surface area contributed by atoms with E-state index in [2.05, 4.69) is 35.9 Å². The summed E-state index contributed by atoms with van der Waals surface area (Å²) in [5.74, 6) is 0. The van der Waals surface area contributed by atoms with Crippen LogP contribution in [0.3, 0.4) is 0 Å². The molecule has 0 aromatic carbocycles. The zero-order valence-electron chi connectivity index (χ0n) is 5.58. The minimum atomic E-state index is 1.20. The van der Waals surface area contributed by atoms with Crippen LogP contribution in [-0.2, 0) is 0 Å². The predicted octanol–water partition coefficient (Wildman–Crippen LogP) is 3.48. The van der Waals surface area contributed by atoms with E-state index in [1.807, 2.05) is 0 Å². The van der Waals surface area contributed by atoms with Crippen LogP contribution in [0.5, 0.6) is 0 Å². The third kappa shape index (κ3) is 4.38. The molecule has 0 spiro atoms. The molecule has 0 aliphatic heterocycles. The summed E-state index contributed by atoms with van der Waals surface area (Å²) in [6.07, 6.45) is 5.89. The van der Waals surface area contributed by atoms with Gasteiger partial charge in [-0.05, 0) is 24.2 Å². The minimum absolute atomic E-state index is 1.20. The molecule has 0 radical (unpaired) electrons. The average Bonchev–Trinajstić information content (AvgIpc) is 1.83. The Balaban J connectivity index is 3.12. The lowest BCUT2D eigenvalue weighted by molar-refractivity contribution is 0.809. The largest absolute Gasteiger partial charge is 0.0775 e. The highest BCUT2D eigenvalue weighted by molar-refractivity contribution is 9.11. The summed E-state index contributed by atoms with van der Waals surface area (Å²) in [5.41, 5.74) is 0. The molecule has 0 amide bonds. The van der Waals surface area contributed by atoms with Gasteiger partial charge >= 0.3 is 0 Å². The molecule has 0 aromatic heterocycles. The van der Waals surface area contributed by atoms with Crippen LogP contribution >= 0.6 is 15.9 Å². The van der Waals surface area contributed by atoms with Crippen LogP contribution in [0.4, 0.5) is 0 Å². The first kappa shape index (κ1) is 8.22. The molecule has 0 bridgehead atoms. The van der Waals surface area contributed by atoms with Gasteiger partial charge in [0.15, 0.2) is 0 Å². The monoisotopic (exact) mass is 176 g/mol. The molecule has 0 saturated heterocycles. The van der Waals surface area contributed by atoms with Crippen molar-refractivity contribution in [1.29, 1.82) is 0 Å². The molecule has 0 nitrogen and oxygen atoms in total. The van der Waals surface area contributed by atoms with Crippen molar-refractivity contribution in [1.82, 2.24) is 0 Å². The van der Waals surface area contributed by atoms with Crippen molar-refractivity contribution in [3.63, 3.8) is 0 Å². The molecule has 0 atom stereocenters. The Labute approximate surface area is 60.1 Å². The molecule has 0 aliphatic rings. The quantitative estimate of drug-likeness (QED) is 0.619. The van der Waals surface area contributed by atoms with Crippen LogP contribution in [0.2, 0.25) is 0 Å². The van der Waals surface area contributed by atoms with Gasteiger partial charge in [-0.1, -0.05) is 35.4 Å². The molecule has 0 rings (SSSR count). The van der Waals surface area contributed by atoms with Crippen LogP contribution in [0.15, 0.2) is 10.6 Å². The van der Waals surface area contributed by atoms with E-state index in [9.17, 15) is 0 Å². The van der Waals surface area contributed by atoms with Gasteiger partial charge in [0.25, 0.3) is 0 Å². The maximum Gasteiger partial charge on any atom is -0.00920 e. The summed E-state index contributed by atoms with van der Waals surface area (Å²) in [6.45, 7) is 4.26. The molecule has 0 heterocycles. The standard InChI is InChI=1S/C7H13Br/c1-3-5-6-7(8)4-2/h4H,3,5-6H2,1-2H3/b7-4-. The molecule has 0 N–H and O–H groups in total. The number of halogens is 1. The van der Waals surface area contributed by atoms with Gasteiger partial charge in [-0.3, -0.25) is 0 Å². The van der Waals surface area contributed by atoms with Crippen LogP contribution in [0.1, 0.15) is 33.1 Å². The SMILES string of the molecule is C/C=C(\Br)CCCC. The van der Waals surface area contributed by atoms with Gasteiger partial charge in [0, 0.05) is 0 Å². The molecule has 0 unspecified atom stereocenters. The van der Waals surface area contributed by atoms with Crippen LogP contribution < -0.4 is 0 Å². The Morgan fingerprint density at radius 1 is 1.62 bits per heavy atom. The third-order valence-electron chi connectivity index (χ3n) is 1.08. The highest BCUT2D eigenvalue weighted by atomic mass is 79.9. The highest BCUT2D eigenvalue weighted by Gasteiger charge is 1.85. The fourth-order valence-corrected chi connectivity index (χ4v) is 0.770. The second kappa shape index (κ2) is 5.36. The van der Waals surface area contributed by atoms with E-state index in [0.29, 0.717) is 0 Å². The predicted molar refractivity (Wildman–Crippen MR) is 42.2 cm³/mol. The van der Waals surface area contributed by atoms with Crippen molar-refractivity contribution in [2.75, 3.05) is 0 Å². The van der Waals surface area contributed by atoms with Gasteiger partial charge in [0.05, 0.1) is 0 Å². The third-order valence-corrected chi connectivity index (χ3v) is 1.94. The van der Waals surface area contributed by atoms with E-state index in [1.54, 1.807) is 0 Å². The molecular formula is C7H13Br. The lowest BCUT2D eigenvalue weighted by Crippen LogP contribution is -1.70. The van der Waals surface area contributed by atoms with Crippen molar-refractivity contribution < 1.29 is 0 Å². The smallest absolute Gasteiger partial charge is 0.00920 e. The Bertz CT molecular complexity index is 74.5. The number of hydrogen-bond acceptors (Lipinski definition) is 0. The van der Waals surface area contributed by atoms with Crippen molar-refractivity contribution in [2.24, 2.45) is 0 Å². The molecule has 8 heavy (non-hydrogen) atoms. The van der Waals surface area contributed by atoms with E-state index in [-0.39, 0.29) is 0 Å². The van der Waals surface area contributed by atoms with E-state index in [1.165, 1.54) is 23.7 Å². The van der Waals surface area contributed by atoms with Crippen LogP contribution in [0.25, 0.3) is 0 Å². The fourth-order valence-electron chi connectivity index (χ4n) is 0.490. The second-order valence-corrected chi connectivity index (χ2v) is 2.86. The molecule has 0 aliphatic carbocycles. The maximum atomic E-state index is 3.44. The van der Waals surface area contributed by atoms with E-state index in [0.717, 1.165) is 0 Å². The van der Waals surface area contributed by atoms with Crippen LogP contribution in [-0.4, -0.2) is 0 Å². The van der Waals surface area contributed by atoms with Gasteiger partial charge in [0.1, 0.15) is 0 Å². The van der Waals surface area contributed by atoms with Gasteiger partial charge in [-0.25, -0.2) is 0 Å². The Morgan fingerprint density at radius 2 is 2.25 bits per heavy atom. The first-order valence-corrected chi connectivity index (χ1v) is 3.91. The van der Waals surface area contributed by atoms with Crippen molar-refractivity contribution in [3.8, 4) is 0 Å². The molecule has 0 fully saturated rings. The van der Waals surface area contributed by atoms with Gasteiger partial charge in [-0.15, -0.1) is 0 Å². The Hall–Kier alpha value is 0.220. The molecular weight excluding hydrogens is 164 g/mol. The highest BCUT2D eigenvalue weighted by Crippen LogP contribution is 2.12. The molecule has 48 valence electrons. The number of rotatable bonds is 3. The summed E-state index contributed by atoms with van der Waals surface area (Å²) >= 11 is 3.44. The average molecular weight is 177 g/mol. The van der Waals surface area contributed by atoms with Gasteiger partial charge in [0.2, 0.25) is 0 Å². The van der Waals surface area contributed by atoms with Gasteiger partial charge < -0.3 is 0 Å². The molecule has 1 heteroatoms. The number of unbranched alkanes of at least 4 members (excludes halogenated alkanes) is 1. The second-order valence-electron chi connectivity index (χ2n) is 1.84. The Morgan fingerprint density at radius 3 is 2.62 bits per heavy atom. The normalized spacial score (nSPS) is 12.1. The van der Waals surface area contributed by atoms with Crippen molar-refractivity contribution >= 4 is 15.9 Å². The first-order valence-electron chi connectivity index (χ1n) is 3.12. The fraction of sp³-hybridized carbons (Fsp3) is 0.714. The molecule has 0 saturated carbocycles. The Kier molecular flexibility index (Phi) is 5.51. The number of allylic oxidation sites excluding steroid dienone is 2. The topological polar surface area (TPSA) is 0 Å². The van der Waals surface area contributed by atoms with Crippen molar-refractivity contribution in [3.05, 3.63) is 10.6 Å². The van der Waals surface area contributed by atoms with E-state index >= 15 is 0 Å². The minimum Gasteiger partial charge on any atom is -0.0775 e. The summed E-state index contributed by atoms with van der Waals surface area (Å²) in [6, 6.07) is 0. The summed E-state index contributed by atoms with van der Waals surface area (Å²) in [5, 5.41) is 0. The van der Waals surface area contributed by atoms with E-state index < -0.39 is 0 Å².